The predicted molar refractivity (Wildman–Crippen MR) is 76.3 cm³/mol. The molecule has 0 aliphatic heterocycles. The molecule has 0 radical (unpaired) electrons. The molecule has 1 aliphatic carbocycles. The zero-order valence-electron chi connectivity index (χ0n) is 12.7. The summed E-state index contributed by atoms with van der Waals surface area (Å²) >= 11 is 0. The molecule has 7 heteroatoms. The van der Waals surface area contributed by atoms with E-state index in [4.69, 9.17) is 4.74 Å². The van der Waals surface area contributed by atoms with E-state index in [1.165, 1.54) is 0 Å². The number of ether oxygens (including phenoxy) is 1. The lowest BCUT2D eigenvalue weighted by Crippen LogP contribution is -2.22. The van der Waals surface area contributed by atoms with E-state index in [1.807, 2.05) is 0 Å². The first-order chi connectivity index (χ1) is 10.9. The minimum Gasteiger partial charge on any atom is -0.462 e. The highest BCUT2D eigenvalue weighted by Gasteiger charge is 2.29. The Bertz CT molecular complexity index is 682. The van der Waals surface area contributed by atoms with Crippen molar-refractivity contribution in [2.45, 2.75) is 32.7 Å². The third kappa shape index (κ3) is 3.72. The fourth-order valence-corrected chi connectivity index (χ4v) is 2.01. The van der Waals surface area contributed by atoms with Gasteiger partial charge in [0.1, 0.15) is 11.4 Å². The average Bonchev–Trinajstić information content (AvgIpc) is 3.29. The van der Waals surface area contributed by atoms with Gasteiger partial charge in [-0.3, -0.25) is 4.79 Å². The summed E-state index contributed by atoms with van der Waals surface area (Å²) < 4.78 is 45.5. The van der Waals surface area contributed by atoms with Gasteiger partial charge in [0.25, 0.3) is 0 Å². The average molecular weight is 327 g/mol. The van der Waals surface area contributed by atoms with Gasteiger partial charge in [0.2, 0.25) is 5.78 Å². The minimum absolute atomic E-state index is 0.0200. The summed E-state index contributed by atoms with van der Waals surface area (Å²) in [6, 6.07) is 0.426. The van der Waals surface area contributed by atoms with Crippen LogP contribution in [0.1, 0.15) is 35.7 Å². The van der Waals surface area contributed by atoms with E-state index < -0.39 is 45.9 Å². The standard InChI is InChI=1S/C16H16F3NO3/c1-3-23-16(22)10(7-20-9-4-5-9)15(21)13-8(2)14(19)12(18)6-11(13)17/h6-7,9,20H,3-5H2,1-2H3. The molecule has 1 aliphatic rings. The molecule has 0 spiro atoms. The molecule has 1 aromatic carbocycles. The van der Waals surface area contributed by atoms with Crippen molar-refractivity contribution >= 4 is 11.8 Å². The Labute approximate surface area is 131 Å². The van der Waals surface area contributed by atoms with Gasteiger partial charge in [-0.25, -0.2) is 18.0 Å². The summed E-state index contributed by atoms with van der Waals surface area (Å²) in [5, 5.41) is 2.84. The molecule has 1 fully saturated rings. The number of benzene rings is 1. The van der Waals surface area contributed by atoms with Crippen molar-refractivity contribution < 1.29 is 27.5 Å². The van der Waals surface area contributed by atoms with Crippen LogP contribution in [0.3, 0.4) is 0 Å². The highest BCUT2D eigenvalue weighted by Crippen LogP contribution is 2.24. The molecule has 0 aromatic heterocycles. The first kappa shape index (κ1) is 17.1. The fraction of sp³-hybridized carbons (Fsp3) is 0.375. The molecule has 0 bridgehead atoms. The normalized spacial score (nSPS) is 14.6. The summed E-state index contributed by atoms with van der Waals surface area (Å²) in [5.74, 6) is -5.95. The molecule has 0 saturated heterocycles. The van der Waals surface area contributed by atoms with E-state index in [0.717, 1.165) is 26.0 Å². The minimum atomic E-state index is -1.39. The maximum Gasteiger partial charge on any atom is 0.343 e. The maximum atomic E-state index is 13.9. The number of halogens is 3. The largest absolute Gasteiger partial charge is 0.462 e. The number of hydrogen-bond acceptors (Lipinski definition) is 4. The van der Waals surface area contributed by atoms with Crippen LogP contribution in [0.5, 0.6) is 0 Å². The SMILES string of the molecule is CCOC(=O)C(=CNC1CC1)C(=O)c1c(F)cc(F)c(F)c1C. The molecule has 0 heterocycles. The van der Waals surface area contributed by atoms with E-state index in [2.05, 4.69) is 5.32 Å². The van der Waals surface area contributed by atoms with Crippen LogP contribution in [0.2, 0.25) is 0 Å². The molecule has 4 nitrogen and oxygen atoms in total. The Morgan fingerprint density at radius 3 is 2.52 bits per heavy atom. The number of carbonyl (C=O) groups excluding carboxylic acids is 2. The molecule has 0 amide bonds. The second kappa shape index (κ2) is 6.85. The lowest BCUT2D eigenvalue weighted by Gasteiger charge is -2.11. The highest BCUT2D eigenvalue weighted by atomic mass is 19.2. The molecule has 124 valence electrons. The Balaban J connectivity index is 2.42. The van der Waals surface area contributed by atoms with E-state index in [9.17, 15) is 22.8 Å². The van der Waals surface area contributed by atoms with Crippen LogP contribution in [0.25, 0.3) is 0 Å². The number of rotatable bonds is 6. The van der Waals surface area contributed by atoms with Crippen molar-refractivity contribution in [1.82, 2.24) is 5.32 Å². The number of nitrogens with one attached hydrogen (secondary N) is 1. The molecular weight excluding hydrogens is 311 g/mol. The summed E-state index contributed by atoms with van der Waals surface area (Å²) in [5.41, 5.74) is -1.62. The Morgan fingerprint density at radius 1 is 1.30 bits per heavy atom. The van der Waals surface area contributed by atoms with Crippen molar-refractivity contribution in [3.63, 3.8) is 0 Å². The van der Waals surface area contributed by atoms with Gasteiger partial charge in [0.15, 0.2) is 11.6 Å². The molecule has 2 rings (SSSR count). The topological polar surface area (TPSA) is 55.4 Å². The first-order valence-corrected chi connectivity index (χ1v) is 7.18. The van der Waals surface area contributed by atoms with Crippen LogP contribution in [0.15, 0.2) is 17.8 Å². The van der Waals surface area contributed by atoms with E-state index in [-0.39, 0.29) is 18.7 Å². The smallest absolute Gasteiger partial charge is 0.343 e. The van der Waals surface area contributed by atoms with Gasteiger partial charge in [-0.2, -0.15) is 0 Å². The van der Waals surface area contributed by atoms with Gasteiger partial charge in [0, 0.05) is 23.9 Å². The molecule has 0 unspecified atom stereocenters. The zero-order valence-corrected chi connectivity index (χ0v) is 12.7. The lowest BCUT2D eigenvalue weighted by molar-refractivity contribution is -0.138. The molecule has 1 saturated carbocycles. The van der Waals surface area contributed by atoms with Crippen LogP contribution >= 0.6 is 0 Å². The Kier molecular flexibility index (Phi) is 5.08. The lowest BCUT2D eigenvalue weighted by atomic mass is 9.98. The molecular formula is C16H16F3NO3. The number of esters is 1. The van der Waals surface area contributed by atoms with Gasteiger partial charge in [-0.1, -0.05) is 0 Å². The summed E-state index contributed by atoms with van der Waals surface area (Å²) in [4.78, 5) is 24.4. The number of hydrogen-bond donors (Lipinski definition) is 1. The third-order valence-corrected chi connectivity index (χ3v) is 3.41. The molecule has 1 N–H and O–H groups in total. The van der Waals surface area contributed by atoms with Crippen LogP contribution in [-0.4, -0.2) is 24.4 Å². The van der Waals surface area contributed by atoms with Crippen molar-refractivity contribution in [1.29, 1.82) is 0 Å². The van der Waals surface area contributed by atoms with Gasteiger partial charge in [-0.05, 0) is 26.7 Å². The summed E-state index contributed by atoms with van der Waals surface area (Å²) in [6.07, 6.45) is 2.93. The van der Waals surface area contributed by atoms with Gasteiger partial charge < -0.3 is 10.1 Å². The van der Waals surface area contributed by atoms with Crippen LogP contribution in [0, 0.1) is 24.4 Å². The summed E-state index contributed by atoms with van der Waals surface area (Å²) in [6.45, 7) is 2.65. The predicted octanol–water partition coefficient (Wildman–Crippen LogP) is 2.79. The molecule has 1 aromatic rings. The number of ketones is 1. The second-order valence-electron chi connectivity index (χ2n) is 5.20. The van der Waals surface area contributed by atoms with E-state index in [1.54, 1.807) is 6.92 Å². The Morgan fingerprint density at radius 2 is 1.96 bits per heavy atom. The Hall–Kier alpha value is -2.31. The van der Waals surface area contributed by atoms with Gasteiger partial charge in [0.05, 0.1) is 12.2 Å². The zero-order chi connectivity index (χ0) is 17.1. The van der Waals surface area contributed by atoms with Crippen molar-refractivity contribution in [2.24, 2.45) is 0 Å². The van der Waals surface area contributed by atoms with Gasteiger partial charge in [-0.15, -0.1) is 0 Å². The van der Waals surface area contributed by atoms with Crippen molar-refractivity contribution in [3.8, 4) is 0 Å². The van der Waals surface area contributed by atoms with Crippen molar-refractivity contribution in [3.05, 3.63) is 46.4 Å². The molecule has 0 atom stereocenters. The number of carbonyl (C=O) groups is 2. The molecule has 23 heavy (non-hydrogen) atoms. The van der Waals surface area contributed by atoms with Crippen LogP contribution in [0.4, 0.5) is 13.2 Å². The third-order valence-electron chi connectivity index (χ3n) is 3.41. The monoisotopic (exact) mass is 327 g/mol. The van der Waals surface area contributed by atoms with E-state index >= 15 is 0 Å². The first-order valence-electron chi connectivity index (χ1n) is 7.18. The van der Waals surface area contributed by atoms with Gasteiger partial charge >= 0.3 is 5.97 Å². The van der Waals surface area contributed by atoms with Crippen LogP contribution in [-0.2, 0) is 9.53 Å². The number of Topliss-reactive ketones (excluding diaryl/α,β-unsaturated/α-hetero) is 1. The maximum absolute atomic E-state index is 13.9. The van der Waals surface area contributed by atoms with Crippen LogP contribution < -0.4 is 5.32 Å². The quantitative estimate of drug-likeness (QED) is 0.218. The fourth-order valence-electron chi connectivity index (χ4n) is 2.01. The summed E-state index contributed by atoms with van der Waals surface area (Å²) in [7, 11) is 0. The van der Waals surface area contributed by atoms with E-state index in [0.29, 0.717) is 0 Å². The highest BCUT2D eigenvalue weighted by molar-refractivity contribution is 6.24. The van der Waals surface area contributed by atoms with Crippen molar-refractivity contribution in [2.75, 3.05) is 6.61 Å². The second-order valence-corrected chi connectivity index (χ2v) is 5.20.